The van der Waals surface area contributed by atoms with Crippen molar-refractivity contribution in [1.82, 2.24) is 10.6 Å². The molecular formula is C20H24N2O10. The number of rotatable bonds is 14. The summed E-state index contributed by atoms with van der Waals surface area (Å²) in [5.41, 5.74) is 0. The highest BCUT2D eigenvalue weighted by atomic mass is 16.6. The molecule has 0 fully saturated rings. The minimum Gasteiger partial charge on any atom is -0.459 e. The fourth-order valence-electron chi connectivity index (χ4n) is 1.74. The van der Waals surface area contributed by atoms with Gasteiger partial charge in [0.15, 0.2) is 12.2 Å². The van der Waals surface area contributed by atoms with E-state index in [0.29, 0.717) is 0 Å². The first-order valence-corrected chi connectivity index (χ1v) is 8.97. The van der Waals surface area contributed by atoms with Gasteiger partial charge >= 0.3 is 35.7 Å². The van der Waals surface area contributed by atoms with Crippen molar-refractivity contribution in [2.45, 2.75) is 12.2 Å². The first kappa shape index (κ1) is 27.8. The Bertz CT molecular complexity index is 710. The van der Waals surface area contributed by atoms with Crippen molar-refractivity contribution in [3.05, 3.63) is 50.6 Å². The van der Waals surface area contributed by atoms with Crippen LogP contribution in [-0.2, 0) is 47.7 Å². The van der Waals surface area contributed by atoms with E-state index in [1.807, 2.05) is 0 Å². The average Bonchev–Trinajstić information content (AvgIpc) is 2.80. The molecule has 0 spiro atoms. The minimum absolute atomic E-state index is 0.373. The molecule has 2 N–H and O–H groups in total. The van der Waals surface area contributed by atoms with Crippen molar-refractivity contribution >= 4 is 35.7 Å². The monoisotopic (exact) mass is 452 g/mol. The molecule has 0 aliphatic carbocycles. The Balaban J connectivity index is 4.79. The molecule has 2 atom stereocenters. The molecule has 0 saturated heterocycles. The molecule has 0 aliphatic heterocycles. The zero-order valence-corrected chi connectivity index (χ0v) is 17.2. The molecule has 0 aromatic carbocycles. The van der Waals surface area contributed by atoms with Crippen molar-refractivity contribution in [2.24, 2.45) is 0 Å². The highest BCUT2D eigenvalue weighted by Crippen LogP contribution is 1.97. The summed E-state index contributed by atoms with van der Waals surface area (Å²) in [5.74, 6) is -5.52. The van der Waals surface area contributed by atoms with Crippen LogP contribution in [0.5, 0.6) is 0 Å². The molecule has 0 rings (SSSR count). The predicted octanol–water partition coefficient (Wildman–Crippen LogP) is -1.13. The van der Waals surface area contributed by atoms with Crippen LogP contribution in [0, 0.1) is 0 Å². The Morgan fingerprint density at radius 2 is 0.906 bits per heavy atom. The van der Waals surface area contributed by atoms with E-state index >= 15 is 0 Å². The van der Waals surface area contributed by atoms with E-state index in [4.69, 9.17) is 18.9 Å². The van der Waals surface area contributed by atoms with E-state index in [9.17, 15) is 28.8 Å². The number of esters is 4. The van der Waals surface area contributed by atoms with E-state index in [-0.39, 0.29) is 13.1 Å². The van der Waals surface area contributed by atoms with Crippen LogP contribution in [0.1, 0.15) is 0 Å². The third kappa shape index (κ3) is 12.4. The molecular weight excluding hydrogens is 428 g/mol. The summed E-state index contributed by atoms with van der Waals surface area (Å²) < 4.78 is 19.3. The van der Waals surface area contributed by atoms with Gasteiger partial charge < -0.3 is 29.6 Å². The number of amides is 2. The Morgan fingerprint density at radius 3 is 1.19 bits per heavy atom. The molecule has 0 radical (unpaired) electrons. The number of hydrogen-bond acceptors (Lipinski definition) is 10. The van der Waals surface area contributed by atoms with Crippen LogP contribution in [-0.4, -0.2) is 74.2 Å². The van der Waals surface area contributed by atoms with Gasteiger partial charge in [-0.1, -0.05) is 26.3 Å². The van der Waals surface area contributed by atoms with E-state index < -0.39 is 61.1 Å². The molecule has 12 nitrogen and oxygen atoms in total. The third-order valence-corrected chi connectivity index (χ3v) is 3.24. The normalized spacial score (nSPS) is 11.4. The van der Waals surface area contributed by atoms with Gasteiger partial charge in [-0.3, -0.25) is 9.59 Å². The zero-order valence-electron chi connectivity index (χ0n) is 17.2. The Morgan fingerprint density at radius 1 is 0.594 bits per heavy atom. The van der Waals surface area contributed by atoms with Crippen LogP contribution in [0.2, 0.25) is 0 Å². The lowest BCUT2D eigenvalue weighted by Gasteiger charge is -2.18. The topological polar surface area (TPSA) is 163 Å². The molecule has 0 bridgehead atoms. The van der Waals surface area contributed by atoms with Gasteiger partial charge in [-0.25, -0.2) is 19.2 Å². The first-order chi connectivity index (χ1) is 15.2. The number of hydrogen-bond donors (Lipinski definition) is 2. The lowest BCUT2D eigenvalue weighted by Crippen LogP contribution is -2.47. The zero-order chi connectivity index (χ0) is 24.5. The molecule has 0 aliphatic rings. The molecule has 12 heteroatoms. The highest BCUT2D eigenvalue weighted by Gasteiger charge is 2.22. The van der Waals surface area contributed by atoms with Crippen LogP contribution >= 0.6 is 0 Å². The molecule has 174 valence electrons. The van der Waals surface area contributed by atoms with Crippen LogP contribution in [0.4, 0.5) is 0 Å². The molecule has 0 aromatic rings. The van der Waals surface area contributed by atoms with Gasteiger partial charge in [-0.05, 0) is 0 Å². The lowest BCUT2D eigenvalue weighted by atomic mass is 10.3. The van der Waals surface area contributed by atoms with E-state index in [0.717, 1.165) is 24.3 Å². The maximum atomic E-state index is 12.0. The molecule has 0 saturated carbocycles. The van der Waals surface area contributed by atoms with Gasteiger partial charge in [0, 0.05) is 24.3 Å². The van der Waals surface area contributed by atoms with Gasteiger partial charge in [0.05, 0.1) is 13.1 Å². The quantitative estimate of drug-likeness (QED) is 0.143. The summed E-state index contributed by atoms with van der Waals surface area (Å²) in [6.45, 7) is 11.3. The van der Waals surface area contributed by atoms with Gasteiger partial charge in [0.25, 0.3) is 0 Å². The average molecular weight is 452 g/mol. The Hall–Kier alpha value is -4.22. The largest absolute Gasteiger partial charge is 0.459 e. The predicted molar refractivity (Wildman–Crippen MR) is 108 cm³/mol. The smallest absolute Gasteiger partial charge is 0.330 e. The second-order valence-electron chi connectivity index (χ2n) is 5.61. The van der Waals surface area contributed by atoms with Gasteiger partial charge in [-0.2, -0.15) is 0 Å². The summed E-state index contributed by atoms with van der Waals surface area (Å²) in [7, 11) is 0. The standard InChI is InChI=1S/C20H24N2O10/c1-5-15(23)29-11-13(31-17(25)7-3)9-21-19(27)20(28)22-10-14(32-18(26)8-4)12-30-16(24)6-2/h5-8,13-14H,1-4,9-12H2,(H,21,27)(H,22,28). The molecule has 2 unspecified atom stereocenters. The summed E-state index contributed by atoms with van der Waals surface area (Å²) in [6, 6.07) is 0. The molecule has 0 aromatic heterocycles. The summed E-state index contributed by atoms with van der Waals surface area (Å²) in [5, 5.41) is 4.37. The second kappa shape index (κ2) is 15.6. The van der Waals surface area contributed by atoms with Crippen molar-refractivity contribution in [3.8, 4) is 0 Å². The second-order valence-corrected chi connectivity index (χ2v) is 5.61. The third-order valence-electron chi connectivity index (χ3n) is 3.24. The van der Waals surface area contributed by atoms with Crippen LogP contribution in [0.3, 0.4) is 0 Å². The number of carbonyl (C=O) groups excluding carboxylic acids is 6. The van der Waals surface area contributed by atoms with Crippen molar-refractivity contribution in [3.63, 3.8) is 0 Å². The van der Waals surface area contributed by atoms with E-state index in [1.165, 1.54) is 0 Å². The van der Waals surface area contributed by atoms with Gasteiger partial charge in [0.1, 0.15) is 13.2 Å². The SMILES string of the molecule is C=CC(=O)OCC(CNC(=O)C(=O)NCC(COC(=O)C=C)OC(=O)C=C)OC(=O)C=C. The van der Waals surface area contributed by atoms with Crippen molar-refractivity contribution in [1.29, 1.82) is 0 Å². The summed E-state index contributed by atoms with van der Waals surface area (Å²) in [4.78, 5) is 68.9. The molecule has 0 heterocycles. The molecule has 32 heavy (non-hydrogen) atoms. The lowest BCUT2D eigenvalue weighted by molar-refractivity contribution is -0.153. The number of carbonyl (C=O) groups is 6. The van der Waals surface area contributed by atoms with E-state index in [2.05, 4.69) is 36.9 Å². The van der Waals surface area contributed by atoms with Gasteiger partial charge in [-0.15, -0.1) is 0 Å². The highest BCUT2D eigenvalue weighted by molar-refractivity contribution is 6.35. The number of ether oxygens (including phenoxy) is 4. The van der Waals surface area contributed by atoms with Crippen molar-refractivity contribution in [2.75, 3.05) is 26.3 Å². The maximum Gasteiger partial charge on any atom is 0.330 e. The maximum absolute atomic E-state index is 12.0. The Labute approximate surface area is 183 Å². The van der Waals surface area contributed by atoms with E-state index in [1.54, 1.807) is 0 Å². The number of nitrogens with one attached hydrogen (secondary N) is 2. The first-order valence-electron chi connectivity index (χ1n) is 8.97. The summed E-state index contributed by atoms with van der Waals surface area (Å²) >= 11 is 0. The summed E-state index contributed by atoms with van der Waals surface area (Å²) in [6.07, 6.45) is 1.28. The fourth-order valence-corrected chi connectivity index (χ4v) is 1.74. The Kier molecular flexibility index (Phi) is 13.5. The van der Waals surface area contributed by atoms with Crippen LogP contribution in [0.25, 0.3) is 0 Å². The van der Waals surface area contributed by atoms with Crippen LogP contribution < -0.4 is 10.6 Å². The minimum atomic E-state index is -1.13. The molecule has 2 amide bonds. The fraction of sp³-hybridized carbons (Fsp3) is 0.300. The van der Waals surface area contributed by atoms with Crippen molar-refractivity contribution < 1.29 is 47.7 Å². The van der Waals surface area contributed by atoms with Gasteiger partial charge in [0.2, 0.25) is 0 Å². The van der Waals surface area contributed by atoms with Crippen LogP contribution in [0.15, 0.2) is 50.6 Å².